The fourth-order valence-electron chi connectivity index (χ4n) is 2.16. The molecular weight excluding hydrogens is 306 g/mol. The highest BCUT2D eigenvalue weighted by molar-refractivity contribution is 5.81. The third-order valence-corrected chi connectivity index (χ3v) is 4.09. The summed E-state index contributed by atoms with van der Waals surface area (Å²) in [6, 6.07) is 8.08. The van der Waals surface area contributed by atoms with Crippen LogP contribution < -0.4 is 10.1 Å². The molecule has 0 bridgehead atoms. The summed E-state index contributed by atoms with van der Waals surface area (Å²) < 4.78 is 5.60. The number of carbonyl (C=O) groups excluding carboxylic acids is 1. The first-order valence-corrected chi connectivity index (χ1v) is 8.38. The molecule has 1 aromatic rings. The van der Waals surface area contributed by atoms with E-state index in [1.807, 2.05) is 38.1 Å². The van der Waals surface area contributed by atoms with E-state index in [4.69, 9.17) is 9.84 Å². The van der Waals surface area contributed by atoms with Gasteiger partial charge in [0, 0.05) is 24.4 Å². The Kier molecular flexibility index (Phi) is 7.92. The summed E-state index contributed by atoms with van der Waals surface area (Å²) >= 11 is 0. The molecule has 0 spiro atoms. The number of aliphatic carboxylic acids is 1. The fraction of sp³-hybridized carbons (Fsp3) is 0.579. The fourth-order valence-corrected chi connectivity index (χ4v) is 2.16. The van der Waals surface area contributed by atoms with Crippen LogP contribution in [0.25, 0.3) is 0 Å². The van der Waals surface area contributed by atoms with E-state index in [1.54, 1.807) is 6.92 Å². The molecule has 0 aromatic heterocycles. The Morgan fingerprint density at radius 2 is 2.04 bits per heavy atom. The molecule has 0 aliphatic carbocycles. The number of ketones is 1. The van der Waals surface area contributed by atoms with Gasteiger partial charge in [-0.25, -0.2) is 0 Å². The molecule has 1 rings (SSSR count). The quantitative estimate of drug-likeness (QED) is 0.608. The molecule has 5 heteroatoms. The highest BCUT2D eigenvalue weighted by atomic mass is 16.5. The molecule has 0 amide bonds. The highest BCUT2D eigenvalue weighted by Crippen LogP contribution is 2.17. The van der Waals surface area contributed by atoms with Gasteiger partial charge in [-0.3, -0.25) is 9.59 Å². The van der Waals surface area contributed by atoms with Crippen LogP contribution in [0, 0.1) is 5.41 Å². The third kappa shape index (κ3) is 7.59. The average Bonchev–Trinajstić information content (AvgIpc) is 2.50. The zero-order valence-corrected chi connectivity index (χ0v) is 15.1. The van der Waals surface area contributed by atoms with Crippen LogP contribution in [-0.2, 0) is 16.0 Å². The topological polar surface area (TPSA) is 75.6 Å². The number of hydrogen-bond donors (Lipinski definition) is 2. The zero-order chi connectivity index (χ0) is 18.2. The molecule has 0 saturated carbocycles. The molecule has 2 N–H and O–H groups in total. The van der Waals surface area contributed by atoms with Gasteiger partial charge in [-0.15, -0.1) is 0 Å². The summed E-state index contributed by atoms with van der Waals surface area (Å²) in [4.78, 5) is 22.0. The number of Topliss-reactive ketones (excluding diaryl/α,β-unsaturated/α-hetero) is 1. The van der Waals surface area contributed by atoms with Crippen molar-refractivity contribution in [3.8, 4) is 5.75 Å². The number of ether oxygens (including phenoxy) is 1. The van der Waals surface area contributed by atoms with E-state index in [0.29, 0.717) is 19.6 Å². The molecule has 0 fully saturated rings. The van der Waals surface area contributed by atoms with Crippen LogP contribution in [0.5, 0.6) is 5.75 Å². The number of hydrogen-bond acceptors (Lipinski definition) is 4. The van der Waals surface area contributed by atoms with Gasteiger partial charge in [-0.2, -0.15) is 0 Å². The minimum atomic E-state index is -0.805. The number of carbonyl (C=O) groups is 2. The van der Waals surface area contributed by atoms with Gasteiger partial charge in [0.2, 0.25) is 0 Å². The van der Waals surface area contributed by atoms with Crippen molar-refractivity contribution in [2.45, 2.75) is 53.0 Å². The van der Waals surface area contributed by atoms with Gasteiger partial charge < -0.3 is 15.2 Å². The second-order valence-electron chi connectivity index (χ2n) is 6.92. The molecule has 0 aliphatic heterocycles. The summed E-state index contributed by atoms with van der Waals surface area (Å²) in [7, 11) is 0. The first-order chi connectivity index (χ1) is 11.2. The van der Waals surface area contributed by atoms with Gasteiger partial charge >= 0.3 is 5.97 Å². The summed E-state index contributed by atoms with van der Waals surface area (Å²) in [5, 5.41) is 12.0. The van der Waals surface area contributed by atoms with Crippen LogP contribution in [0.1, 0.15) is 46.1 Å². The summed E-state index contributed by atoms with van der Waals surface area (Å²) in [6.45, 7) is 8.65. The second-order valence-corrected chi connectivity index (χ2v) is 6.92. The van der Waals surface area contributed by atoms with Crippen LogP contribution in [0.2, 0.25) is 0 Å². The van der Waals surface area contributed by atoms with Gasteiger partial charge in [0.15, 0.2) is 0 Å². The number of carboxylic acid groups (broad SMARTS) is 1. The van der Waals surface area contributed by atoms with E-state index in [-0.39, 0.29) is 23.7 Å². The van der Waals surface area contributed by atoms with Crippen molar-refractivity contribution in [1.82, 2.24) is 5.32 Å². The molecule has 0 heterocycles. The molecule has 0 radical (unpaired) electrons. The smallest absolute Gasteiger partial charge is 0.303 e. The maximum atomic E-state index is 11.6. The predicted octanol–water partition coefficient (Wildman–Crippen LogP) is 3.07. The normalized spacial score (nSPS) is 12.7. The molecule has 24 heavy (non-hydrogen) atoms. The SMILES string of the molecule is CC(=O)C(C)(C)CN[C@@H](C)Cc1cccc(OCCCC(=O)O)c1. The maximum absolute atomic E-state index is 11.6. The van der Waals surface area contributed by atoms with Crippen molar-refractivity contribution in [1.29, 1.82) is 0 Å². The lowest BCUT2D eigenvalue weighted by atomic mass is 9.88. The summed E-state index contributed by atoms with van der Waals surface area (Å²) in [6.07, 6.45) is 1.45. The Hall–Kier alpha value is -1.88. The van der Waals surface area contributed by atoms with Crippen molar-refractivity contribution in [2.75, 3.05) is 13.2 Å². The molecular formula is C19H29NO4. The minimum Gasteiger partial charge on any atom is -0.494 e. The van der Waals surface area contributed by atoms with Crippen molar-refractivity contribution < 1.29 is 19.4 Å². The monoisotopic (exact) mass is 335 g/mol. The zero-order valence-electron chi connectivity index (χ0n) is 15.1. The summed E-state index contributed by atoms with van der Waals surface area (Å²) in [5.41, 5.74) is 0.787. The highest BCUT2D eigenvalue weighted by Gasteiger charge is 2.23. The van der Waals surface area contributed by atoms with Crippen molar-refractivity contribution in [3.63, 3.8) is 0 Å². The van der Waals surface area contributed by atoms with Crippen molar-refractivity contribution in [2.24, 2.45) is 5.41 Å². The van der Waals surface area contributed by atoms with Gasteiger partial charge in [0.25, 0.3) is 0 Å². The lowest BCUT2D eigenvalue weighted by molar-refractivity contribution is -0.137. The first kappa shape index (κ1) is 20.2. The number of benzene rings is 1. The second kappa shape index (κ2) is 9.42. The van der Waals surface area contributed by atoms with Crippen LogP contribution in [0.4, 0.5) is 0 Å². The Morgan fingerprint density at radius 1 is 1.33 bits per heavy atom. The van der Waals surface area contributed by atoms with E-state index >= 15 is 0 Å². The van der Waals surface area contributed by atoms with Crippen LogP contribution in [0.15, 0.2) is 24.3 Å². The van der Waals surface area contributed by atoms with E-state index in [0.717, 1.165) is 17.7 Å². The van der Waals surface area contributed by atoms with Gasteiger partial charge in [-0.1, -0.05) is 26.0 Å². The molecule has 5 nitrogen and oxygen atoms in total. The van der Waals surface area contributed by atoms with E-state index < -0.39 is 5.97 Å². The van der Waals surface area contributed by atoms with Gasteiger partial charge in [-0.05, 0) is 44.4 Å². The molecule has 134 valence electrons. The van der Waals surface area contributed by atoms with E-state index in [1.165, 1.54) is 0 Å². The van der Waals surface area contributed by atoms with Crippen LogP contribution >= 0.6 is 0 Å². The van der Waals surface area contributed by atoms with Crippen LogP contribution in [0.3, 0.4) is 0 Å². The molecule has 1 atom stereocenters. The van der Waals surface area contributed by atoms with Gasteiger partial charge in [0.05, 0.1) is 6.61 Å². The molecule has 0 saturated heterocycles. The maximum Gasteiger partial charge on any atom is 0.303 e. The first-order valence-electron chi connectivity index (χ1n) is 8.38. The van der Waals surface area contributed by atoms with Crippen molar-refractivity contribution in [3.05, 3.63) is 29.8 Å². The van der Waals surface area contributed by atoms with Crippen molar-refractivity contribution >= 4 is 11.8 Å². The lowest BCUT2D eigenvalue weighted by Crippen LogP contribution is -2.39. The molecule has 0 unspecified atom stereocenters. The van der Waals surface area contributed by atoms with Gasteiger partial charge in [0.1, 0.15) is 11.5 Å². The Labute approximate surface area is 144 Å². The van der Waals surface area contributed by atoms with E-state index in [9.17, 15) is 9.59 Å². The lowest BCUT2D eigenvalue weighted by Gasteiger charge is -2.24. The summed E-state index contributed by atoms with van der Waals surface area (Å²) in [5.74, 6) is 0.133. The number of rotatable bonds is 11. The predicted molar refractivity (Wildman–Crippen MR) is 94.4 cm³/mol. The molecule has 0 aliphatic rings. The average molecular weight is 335 g/mol. The van der Waals surface area contributed by atoms with E-state index in [2.05, 4.69) is 12.2 Å². The minimum absolute atomic E-state index is 0.118. The third-order valence-electron chi connectivity index (χ3n) is 4.09. The Balaban J connectivity index is 2.45. The number of carboxylic acids is 1. The largest absolute Gasteiger partial charge is 0.494 e. The Morgan fingerprint density at radius 3 is 2.67 bits per heavy atom. The Bertz CT molecular complexity index is 554. The number of nitrogens with one attached hydrogen (secondary N) is 1. The standard InChI is InChI=1S/C19H29NO4/c1-14(20-13-19(3,4)15(2)21)11-16-7-5-8-17(12-16)24-10-6-9-18(22)23/h5,7-8,12,14,20H,6,9-11,13H2,1-4H3,(H,22,23)/t14-/m0/s1. The molecule has 1 aromatic carbocycles. The van der Waals surface area contributed by atoms with Crippen LogP contribution in [-0.4, -0.2) is 36.1 Å².